The molecular weight excluding hydrogens is 331 g/mol. The molecule has 0 unspecified atom stereocenters. The molecule has 0 bridgehead atoms. The molecule has 0 aliphatic heterocycles. The zero-order chi connectivity index (χ0) is 19.4. The van der Waals surface area contributed by atoms with E-state index in [4.69, 9.17) is 0 Å². The lowest BCUT2D eigenvalue weighted by Gasteiger charge is -2.46. The van der Waals surface area contributed by atoms with Crippen molar-refractivity contribution < 1.29 is 0 Å². The van der Waals surface area contributed by atoms with Gasteiger partial charge in [-0.05, 0) is 59.6 Å². The number of hydrogen-bond acceptors (Lipinski definition) is 0. The smallest absolute Gasteiger partial charge is 0.0138 e. The molecule has 0 N–H and O–H groups in total. The van der Waals surface area contributed by atoms with Crippen LogP contribution in [-0.2, 0) is 0 Å². The van der Waals surface area contributed by atoms with Gasteiger partial charge in [0.1, 0.15) is 0 Å². The van der Waals surface area contributed by atoms with Crippen LogP contribution in [0, 0.1) is 11.8 Å². The number of rotatable bonds is 5. The van der Waals surface area contributed by atoms with Crippen LogP contribution in [0.15, 0.2) is 10.9 Å². The molecule has 2 saturated carbocycles. The lowest BCUT2D eigenvalue weighted by molar-refractivity contribution is 0.323. The standard InChI is InChI=1S/C25H47P/c1-8-15-22(26(24(2,3)4)25(5,6)7)23(20-16-11-9-12-17-20)21-18-13-10-14-19-21/h20-21H,8-19H2,1-7H3. The first-order valence-corrected chi connectivity index (χ1v) is 13.0. The summed E-state index contributed by atoms with van der Waals surface area (Å²) >= 11 is 0. The summed E-state index contributed by atoms with van der Waals surface area (Å²) in [5.74, 6) is 1.84. The van der Waals surface area contributed by atoms with E-state index in [0.717, 1.165) is 11.8 Å². The Morgan fingerprint density at radius 2 is 1.08 bits per heavy atom. The molecule has 0 atom stereocenters. The highest BCUT2D eigenvalue weighted by Crippen LogP contribution is 2.68. The normalized spacial score (nSPS) is 21.2. The van der Waals surface area contributed by atoms with Crippen molar-refractivity contribution in [2.24, 2.45) is 11.8 Å². The molecule has 0 saturated heterocycles. The summed E-state index contributed by atoms with van der Waals surface area (Å²) in [7, 11) is -0.121. The Labute approximate surface area is 166 Å². The largest absolute Gasteiger partial charge is 0.0688 e. The minimum Gasteiger partial charge on any atom is -0.0688 e. The maximum Gasteiger partial charge on any atom is -0.0138 e. The van der Waals surface area contributed by atoms with Crippen LogP contribution in [0.25, 0.3) is 0 Å². The van der Waals surface area contributed by atoms with Gasteiger partial charge in [-0.3, -0.25) is 0 Å². The van der Waals surface area contributed by atoms with Gasteiger partial charge in [-0.2, -0.15) is 0 Å². The molecule has 0 aromatic rings. The van der Waals surface area contributed by atoms with E-state index in [1.165, 1.54) is 77.0 Å². The zero-order valence-corrected chi connectivity index (χ0v) is 20.0. The van der Waals surface area contributed by atoms with Crippen LogP contribution in [0.4, 0.5) is 0 Å². The van der Waals surface area contributed by atoms with Gasteiger partial charge in [0, 0.05) is 0 Å². The van der Waals surface area contributed by atoms with Gasteiger partial charge < -0.3 is 0 Å². The Morgan fingerprint density at radius 3 is 1.38 bits per heavy atom. The lowest BCUT2D eigenvalue weighted by Crippen LogP contribution is -2.29. The molecular formula is C25H47P. The van der Waals surface area contributed by atoms with E-state index in [-0.39, 0.29) is 7.92 Å². The molecule has 2 rings (SSSR count). The molecule has 1 heteroatoms. The van der Waals surface area contributed by atoms with Crippen LogP contribution >= 0.6 is 7.92 Å². The third-order valence-corrected chi connectivity index (χ3v) is 10.2. The average molecular weight is 379 g/mol. The van der Waals surface area contributed by atoms with Gasteiger partial charge in [-0.1, -0.05) is 107 Å². The van der Waals surface area contributed by atoms with Crippen molar-refractivity contribution in [1.82, 2.24) is 0 Å². The van der Waals surface area contributed by atoms with Gasteiger partial charge >= 0.3 is 0 Å². The Kier molecular flexibility index (Phi) is 8.28. The first kappa shape index (κ1) is 22.5. The highest BCUT2D eigenvalue weighted by molar-refractivity contribution is 7.65. The van der Waals surface area contributed by atoms with Crippen LogP contribution in [-0.4, -0.2) is 10.3 Å². The van der Waals surface area contributed by atoms with E-state index in [1.54, 1.807) is 0 Å². The summed E-state index contributed by atoms with van der Waals surface area (Å²) in [6.07, 6.45) is 17.5. The van der Waals surface area contributed by atoms with Crippen molar-refractivity contribution in [2.75, 3.05) is 0 Å². The van der Waals surface area contributed by atoms with Crippen LogP contribution < -0.4 is 0 Å². The van der Waals surface area contributed by atoms with Crippen LogP contribution in [0.3, 0.4) is 0 Å². The second-order valence-corrected chi connectivity index (χ2v) is 14.9. The van der Waals surface area contributed by atoms with Gasteiger partial charge in [0.25, 0.3) is 0 Å². The fraction of sp³-hybridized carbons (Fsp3) is 0.920. The second-order valence-electron chi connectivity index (χ2n) is 11.0. The summed E-state index contributed by atoms with van der Waals surface area (Å²) in [5, 5.41) is 2.79. The van der Waals surface area contributed by atoms with Crippen molar-refractivity contribution in [3.63, 3.8) is 0 Å². The molecule has 0 nitrogen and oxygen atoms in total. The molecule has 152 valence electrons. The second kappa shape index (κ2) is 9.58. The quantitative estimate of drug-likeness (QED) is 0.418. The molecule has 2 aliphatic carbocycles. The molecule has 2 aliphatic rings. The first-order chi connectivity index (χ1) is 12.2. The van der Waals surface area contributed by atoms with Crippen LogP contribution in [0.5, 0.6) is 0 Å². The summed E-state index contributed by atoms with van der Waals surface area (Å²) in [6.45, 7) is 17.6. The molecule has 26 heavy (non-hydrogen) atoms. The van der Waals surface area contributed by atoms with E-state index >= 15 is 0 Å². The summed E-state index contributed by atoms with van der Waals surface area (Å²) in [4.78, 5) is 0. The summed E-state index contributed by atoms with van der Waals surface area (Å²) < 4.78 is 0. The predicted molar refractivity (Wildman–Crippen MR) is 122 cm³/mol. The lowest BCUT2D eigenvalue weighted by atomic mass is 9.73. The minimum atomic E-state index is -0.121. The fourth-order valence-corrected chi connectivity index (χ4v) is 10.8. The summed E-state index contributed by atoms with van der Waals surface area (Å²) in [5.41, 5.74) is 2.02. The summed E-state index contributed by atoms with van der Waals surface area (Å²) in [6, 6.07) is 0. The Bertz CT molecular complexity index is 414. The highest BCUT2D eigenvalue weighted by atomic mass is 31.1. The molecule has 0 spiro atoms. The maximum atomic E-state index is 2.53. The maximum absolute atomic E-state index is 2.53. The topological polar surface area (TPSA) is 0 Å². The van der Waals surface area contributed by atoms with E-state index < -0.39 is 0 Å². The van der Waals surface area contributed by atoms with Gasteiger partial charge in [0.15, 0.2) is 0 Å². The van der Waals surface area contributed by atoms with E-state index in [1.807, 2.05) is 10.9 Å². The monoisotopic (exact) mass is 378 g/mol. The molecule has 2 fully saturated rings. The van der Waals surface area contributed by atoms with Crippen molar-refractivity contribution in [2.45, 2.75) is 136 Å². The average Bonchev–Trinajstić information content (AvgIpc) is 2.55. The first-order valence-electron chi connectivity index (χ1n) is 11.7. The van der Waals surface area contributed by atoms with Crippen LogP contribution in [0.1, 0.15) is 126 Å². The molecule has 0 amide bonds. The molecule has 0 radical (unpaired) electrons. The SMILES string of the molecule is CCCC(=C(C1CCCCC1)C1CCCCC1)P(C(C)(C)C)C(C)(C)C. The third-order valence-electron chi connectivity index (χ3n) is 6.52. The van der Waals surface area contributed by atoms with E-state index in [0.29, 0.717) is 10.3 Å². The van der Waals surface area contributed by atoms with E-state index in [2.05, 4.69) is 48.5 Å². The molecule has 0 aromatic heterocycles. The van der Waals surface area contributed by atoms with Crippen molar-refractivity contribution in [3.05, 3.63) is 10.9 Å². The molecule has 0 heterocycles. The van der Waals surface area contributed by atoms with Crippen molar-refractivity contribution >= 4 is 7.92 Å². The third kappa shape index (κ3) is 5.83. The minimum absolute atomic E-state index is 0.121. The Hall–Kier alpha value is 0.170. The van der Waals surface area contributed by atoms with Crippen molar-refractivity contribution in [3.8, 4) is 0 Å². The van der Waals surface area contributed by atoms with Gasteiger partial charge in [-0.25, -0.2) is 0 Å². The fourth-order valence-electron chi connectivity index (χ4n) is 6.07. The van der Waals surface area contributed by atoms with E-state index in [9.17, 15) is 0 Å². The Morgan fingerprint density at radius 1 is 0.692 bits per heavy atom. The number of allylic oxidation sites excluding steroid dienone is 2. The predicted octanol–water partition coefficient (Wildman–Crippen LogP) is 9.28. The van der Waals surface area contributed by atoms with Crippen LogP contribution in [0.2, 0.25) is 0 Å². The van der Waals surface area contributed by atoms with Gasteiger partial charge in [-0.15, -0.1) is 0 Å². The Balaban J connectivity index is 2.56. The number of hydrogen-bond donors (Lipinski definition) is 0. The van der Waals surface area contributed by atoms with Gasteiger partial charge in [0.05, 0.1) is 0 Å². The zero-order valence-electron chi connectivity index (χ0n) is 19.1. The van der Waals surface area contributed by atoms with Gasteiger partial charge in [0.2, 0.25) is 0 Å². The highest BCUT2D eigenvalue weighted by Gasteiger charge is 2.40. The van der Waals surface area contributed by atoms with Crippen molar-refractivity contribution in [1.29, 1.82) is 0 Å². The molecule has 0 aromatic carbocycles.